The van der Waals surface area contributed by atoms with Crippen LogP contribution in [-0.4, -0.2) is 9.97 Å². The van der Waals surface area contributed by atoms with Crippen LogP contribution < -0.4 is 11.1 Å². The van der Waals surface area contributed by atoms with E-state index in [2.05, 4.69) is 37.9 Å². The molecule has 0 aliphatic carbocycles. The summed E-state index contributed by atoms with van der Waals surface area (Å²) in [5.74, 6) is 0.702. The number of aromatic nitrogens is 2. The fraction of sp³-hybridized carbons (Fsp3) is 0. The second-order valence-electron chi connectivity index (χ2n) is 3.06. The number of nitrogens with one attached hydrogen (secondary N) is 1. The Morgan fingerprint density at radius 3 is 2.94 bits per heavy atom. The summed E-state index contributed by atoms with van der Waals surface area (Å²) in [7, 11) is 0. The number of hydrogen-bond acceptors (Lipinski definition) is 4. The predicted octanol–water partition coefficient (Wildman–Crippen LogP) is 3.06. The van der Waals surface area contributed by atoms with Crippen molar-refractivity contribution >= 4 is 51.6 Å². The zero-order valence-corrected chi connectivity index (χ0v) is 11.0. The van der Waals surface area contributed by atoms with Gasteiger partial charge in [-0.05, 0) is 40.8 Å². The Morgan fingerprint density at radius 1 is 1.38 bits per heavy atom. The number of halogens is 2. The Labute approximate surface area is 111 Å². The Bertz CT molecular complexity index is 518. The van der Waals surface area contributed by atoms with Crippen LogP contribution in [0.5, 0.6) is 0 Å². The molecule has 0 aliphatic heterocycles. The molecule has 0 spiro atoms. The molecule has 2 aromatic rings. The predicted molar refractivity (Wildman–Crippen MR) is 73.9 cm³/mol. The quantitative estimate of drug-likeness (QED) is 0.820. The van der Waals surface area contributed by atoms with E-state index in [0.29, 0.717) is 10.8 Å². The minimum atomic E-state index is 0.192. The average molecular weight is 347 g/mol. The lowest BCUT2D eigenvalue weighted by Crippen LogP contribution is -2.00. The van der Waals surface area contributed by atoms with Crippen molar-refractivity contribution in [2.24, 2.45) is 0 Å². The second kappa shape index (κ2) is 4.84. The third-order valence-corrected chi connectivity index (χ3v) is 2.80. The molecule has 0 bridgehead atoms. The normalized spacial score (nSPS) is 10.1. The Hall–Kier alpha value is -1.08. The van der Waals surface area contributed by atoms with Gasteiger partial charge in [0.2, 0.25) is 5.95 Å². The molecular formula is C10H8ClIN4. The smallest absolute Gasteiger partial charge is 0.222 e. The number of hydrogen-bond donors (Lipinski definition) is 2. The summed E-state index contributed by atoms with van der Waals surface area (Å²) in [6.45, 7) is 0. The summed E-state index contributed by atoms with van der Waals surface area (Å²) >= 11 is 8.17. The zero-order chi connectivity index (χ0) is 11.5. The van der Waals surface area contributed by atoms with E-state index in [1.807, 2.05) is 24.3 Å². The summed E-state index contributed by atoms with van der Waals surface area (Å²) in [5.41, 5.74) is 6.40. The van der Waals surface area contributed by atoms with Crippen molar-refractivity contribution in [2.45, 2.75) is 0 Å². The number of nitrogens with two attached hydrogens (primary N) is 1. The van der Waals surface area contributed by atoms with Gasteiger partial charge < -0.3 is 11.1 Å². The Morgan fingerprint density at radius 2 is 2.19 bits per heavy atom. The molecule has 0 aliphatic rings. The van der Waals surface area contributed by atoms with Gasteiger partial charge >= 0.3 is 0 Å². The van der Waals surface area contributed by atoms with Crippen LogP contribution in [-0.2, 0) is 0 Å². The second-order valence-corrected chi connectivity index (χ2v) is 4.71. The van der Waals surface area contributed by atoms with Crippen LogP contribution in [0.1, 0.15) is 0 Å². The first-order valence-electron chi connectivity index (χ1n) is 4.46. The van der Waals surface area contributed by atoms with Gasteiger partial charge in [-0.1, -0.05) is 17.7 Å². The van der Waals surface area contributed by atoms with Crippen molar-refractivity contribution in [3.8, 4) is 0 Å². The highest BCUT2D eigenvalue weighted by Gasteiger charge is 2.04. The van der Waals surface area contributed by atoms with Crippen molar-refractivity contribution in [1.82, 2.24) is 9.97 Å². The molecule has 0 saturated heterocycles. The van der Waals surface area contributed by atoms with E-state index >= 15 is 0 Å². The lowest BCUT2D eigenvalue weighted by molar-refractivity contribution is 1.18. The lowest BCUT2D eigenvalue weighted by Gasteiger charge is -2.07. The van der Waals surface area contributed by atoms with E-state index < -0.39 is 0 Å². The molecule has 6 heteroatoms. The number of rotatable bonds is 2. The molecule has 1 aromatic heterocycles. The first-order chi connectivity index (χ1) is 7.65. The van der Waals surface area contributed by atoms with Crippen LogP contribution in [0.2, 0.25) is 5.02 Å². The Kier molecular flexibility index (Phi) is 3.45. The van der Waals surface area contributed by atoms with Crippen LogP contribution in [0.15, 0.2) is 30.5 Å². The summed E-state index contributed by atoms with van der Waals surface area (Å²) in [6.07, 6.45) is 1.47. The fourth-order valence-electron chi connectivity index (χ4n) is 1.17. The summed E-state index contributed by atoms with van der Waals surface area (Å²) in [4.78, 5) is 7.81. The van der Waals surface area contributed by atoms with E-state index in [-0.39, 0.29) is 5.95 Å². The molecule has 2 rings (SSSR count). The Balaban J connectivity index is 2.30. The van der Waals surface area contributed by atoms with Crippen LogP contribution in [0.3, 0.4) is 0 Å². The van der Waals surface area contributed by atoms with Gasteiger partial charge in [0.15, 0.2) is 5.82 Å². The zero-order valence-electron chi connectivity index (χ0n) is 8.11. The third-order valence-electron chi connectivity index (χ3n) is 1.85. The van der Waals surface area contributed by atoms with Gasteiger partial charge in [-0.3, -0.25) is 0 Å². The maximum atomic E-state index is 5.94. The number of benzene rings is 1. The molecule has 0 amide bonds. The first kappa shape index (κ1) is 11.4. The van der Waals surface area contributed by atoms with Gasteiger partial charge in [0.1, 0.15) is 5.02 Å². The molecule has 1 heterocycles. The summed E-state index contributed by atoms with van der Waals surface area (Å²) in [5, 5.41) is 3.52. The molecule has 0 saturated carbocycles. The van der Waals surface area contributed by atoms with E-state index in [1.54, 1.807) is 0 Å². The van der Waals surface area contributed by atoms with Crippen LogP contribution in [0.25, 0.3) is 0 Å². The minimum absolute atomic E-state index is 0.192. The van der Waals surface area contributed by atoms with Gasteiger partial charge in [-0.2, -0.15) is 4.98 Å². The van der Waals surface area contributed by atoms with E-state index in [4.69, 9.17) is 17.3 Å². The highest BCUT2D eigenvalue weighted by molar-refractivity contribution is 14.1. The molecule has 0 fully saturated rings. The number of nitrogens with zero attached hydrogens (tertiary/aromatic N) is 2. The van der Waals surface area contributed by atoms with Crippen LogP contribution in [0, 0.1) is 3.57 Å². The van der Waals surface area contributed by atoms with E-state index in [1.165, 1.54) is 6.20 Å². The molecular weight excluding hydrogens is 338 g/mol. The van der Waals surface area contributed by atoms with Crippen molar-refractivity contribution in [1.29, 1.82) is 0 Å². The fourth-order valence-corrected chi connectivity index (χ4v) is 1.85. The standard InChI is InChI=1S/C10H8ClIN4/c11-8-5-14-10(13)16-9(8)15-7-3-1-2-6(12)4-7/h1-5H,(H3,13,14,15,16). The molecule has 16 heavy (non-hydrogen) atoms. The van der Waals surface area contributed by atoms with E-state index in [0.717, 1.165) is 9.26 Å². The SMILES string of the molecule is Nc1ncc(Cl)c(Nc2cccc(I)c2)n1. The van der Waals surface area contributed by atoms with Crippen molar-refractivity contribution < 1.29 is 0 Å². The molecule has 0 atom stereocenters. The van der Waals surface area contributed by atoms with Gasteiger partial charge in [-0.15, -0.1) is 0 Å². The van der Waals surface area contributed by atoms with E-state index in [9.17, 15) is 0 Å². The maximum absolute atomic E-state index is 5.94. The first-order valence-corrected chi connectivity index (χ1v) is 5.91. The summed E-state index contributed by atoms with van der Waals surface area (Å²) < 4.78 is 1.13. The third kappa shape index (κ3) is 2.73. The molecule has 0 unspecified atom stereocenters. The molecule has 0 radical (unpaired) electrons. The van der Waals surface area contributed by atoms with Crippen LogP contribution in [0.4, 0.5) is 17.5 Å². The highest BCUT2D eigenvalue weighted by Crippen LogP contribution is 2.23. The summed E-state index contributed by atoms with van der Waals surface area (Å²) in [6, 6.07) is 7.86. The average Bonchev–Trinajstić information content (AvgIpc) is 2.24. The van der Waals surface area contributed by atoms with Crippen LogP contribution >= 0.6 is 34.2 Å². The van der Waals surface area contributed by atoms with Crippen molar-refractivity contribution in [3.63, 3.8) is 0 Å². The minimum Gasteiger partial charge on any atom is -0.368 e. The van der Waals surface area contributed by atoms with Gasteiger partial charge in [-0.25, -0.2) is 4.98 Å². The van der Waals surface area contributed by atoms with Gasteiger partial charge in [0.25, 0.3) is 0 Å². The monoisotopic (exact) mass is 346 g/mol. The largest absolute Gasteiger partial charge is 0.368 e. The highest BCUT2D eigenvalue weighted by atomic mass is 127. The number of nitrogen functional groups attached to an aromatic ring is 1. The van der Waals surface area contributed by atoms with Gasteiger partial charge in [0.05, 0.1) is 6.20 Å². The lowest BCUT2D eigenvalue weighted by atomic mass is 10.3. The number of anilines is 3. The molecule has 82 valence electrons. The topological polar surface area (TPSA) is 63.8 Å². The van der Waals surface area contributed by atoms with Gasteiger partial charge in [0, 0.05) is 9.26 Å². The van der Waals surface area contributed by atoms with Crippen molar-refractivity contribution in [3.05, 3.63) is 39.1 Å². The molecule has 4 nitrogen and oxygen atoms in total. The van der Waals surface area contributed by atoms with Crippen molar-refractivity contribution in [2.75, 3.05) is 11.1 Å². The molecule has 3 N–H and O–H groups in total. The molecule has 1 aromatic carbocycles. The maximum Gasteiger partial charge on any atom is 0.222 e.